The summed E-state index contributed by atoms with van der Waals surface area (Å²) in [7, 11) is 3.82. The standard InChI is InChI=1S/C33H37F3N8O4S/c1-5-8-37-32(48)40-28-16-22(30-39-27(19-49-30)33(34,35)36)24(17-38-28)21-6-7-26-23(15-21)29(46)25(18-44(26)10-9-41(3)4)31(47)43-13-11-42(12-14-43)20(2)45/h6-7,15-19H,5,8-14H2,1-4H3,(H2,37,38,40,48). The lowest BCUT2D eigenvalue weighted by atomic mass is 9.99. The van der Waals surface area contributed by atoms with Gasteiger partial charge in [0.05, 0.1) is 5.52 Å². The fraction of sp³-hybridized carbons (Fsp3) is 0.394. The summed E-state index contributed by atoms with van der Waals surface area (Å²) in [5.41, 5.74) is 0.0978. The average Bonchev–Trinajstić information content (AvgIpc) is 3.58. The van der Waals surface area contributed by atoms with Crippen LogP contribution in [-0.4, -0.2) is 100 Å². The van der Waals surface area contributed by atoms with Gasteiger partial charge in [0.2, 0.25) is 11.3 Å². The Morgan fingerprint density at radius 2 is 1.76 bits per heavy atom. The van der Waals surface area contributed by atoms with Crippen LogP contribution in [0.25, 0.3) is 32.6 Å². The van der Waals surface area contributed by atoms with Gasteiger partial charge in [-0.3, -0.25) is 19.7 Å². The van der Waals surface area contributed by atoms with E-state index in [9.17, 15) is 32.3 Å². The fourth-order valence-corrected chi connectivity index (χ4v) is 6.32. The second kappa shape index (κ2) is 14.7. The van der Waals surface area contributed by atoms with Crippen molar-refractivity contribution in [2.45, 2.75) is 33.0 Å². The minimum Gasteiger partial charge on any atom is -0.345 e. The third-order valence-corrected chi connectivity index (χ3v) is 9.00. The van der Waals surface area contributed by atoms with E-state index in [2.05, 4.69) is 20.6 Å². The molecule has 0 spiro atoms. The number of amides is 4. The summed E-state index contributed by atoms with van der Waals surface area (Å²) in [6.45, 7) is 6.16. The Hall–Kier alpha value is -4.83. The fourth-order valence-electron chi connectivity index (χ4n) is 5.46. The number of hydrogen-bond acceptors (Lipinski definition) is 8. The Balaban J connectivity index is 1.62. The Kier molecular flexibility index (Phi) is 10.7. The zero-order valence-corrected chi connectivity index (χ0v) is 28.4. The number of aromatic nitrogens is 3. The highest BCUT2D eigenvalue weighted by molar-refractivity contribution is 7.13. The van der Waals surface area contributed by atoms with Crippen molar-refractivity contribution in [3.8, 4) is 21.7 Å². The number of alkyl halides is 3. The highest BCUT2D eigenvalue weighted by atomic mass is 32.1. The first kappa shape index (κ1) is 35.5. The zero-order chi connectivity index (χ0) is 35.5. The highest BCUT2D eigenvalue weighted by Crippen LogP contribution is 2.39. The number of pyridine rings is 2. The van der Waals surface area contributed by atoms with Gasteiger partial charge < -0.3 is 24.6 Å². The number of nitrogens with zero attached hydrogens (tertiary/aromatic N) is 6. The first-order valence-corrected chi connectivity index (χ1v) is 16.6. The van der Waals surface area contributed by atoms with Crippen LogP contribution in [0.1, 0.15) is 36.3 Å². The number of thiazole rings is 1. The number of benzene rings is 1. The number of rotatable bonds is 9. The largest absolute Gasteiger partial charge is 0.434 e. The number of anilines is 1. The van der Waals surface area contributed by atoms with Gasteiger partial charge in [0.25, 0.3) is 5.91 Å². The molecular weight excluding hydrogens is 661 g/mol. The smallest absolute Gasteiger partial charge is 0.345 e. The van der Waals surface area contributed by atoms with Crippen LogP contribution in [0.2, 0.25) is 0 Å². The summed E-state index contributed by atoms with van der Waals surface area (Å²) < 4.78 is 42.5. The minimum atomic E-state index is -4.66. The van der Waals surface area contributed by atoms with Gasteiger partial charge in [0.1, 0.15) is 16.4 Å². The molecule has 1 aromatic carbocycles. The van der Waals surface area contributed by atoms with Gasteiger partial charge in [-0.2, -0.15) is 13.2 Å². The van der Waals surface area contributed by atoms with E-state index in [0.717, 1.165) is 16.7 Å². The molecule has 0 unspecified atom stereocenters. The van der Waals surface area contributed by atoms with Crippen molar-refractivity contribution >= 4 is 45.9 Å². The third kappa shape index (κ3) is 8.08. The predicted octanol–water partition coefficient (Wildman–Crippen LogP) is 4.60. The minimum absolute atomic E-state index is 0.0228. The lowest BCUT2D eigenvalue weighted by Crippen LogP contribution is -2.50. The van der Waals surface area contributed by atoms with Crippen molar-refractivity contribution < 1.29 is 27.6 Å². The average molecular weight is 699 g/mol. The van der Waals surface area contributed by atoms with Crippen molar-refractivity contribution in [3.63, 3.8) is 0 Å². The third-order valence-electron chi connectivity index (χ3n) is 8.13. The van der Waals surface area contributed by atoms with E-state index >= 15 is 0 Å². The molecule has 0 bridgehead atoms. The lowest BCUT2D eigenvalue weighted by Gasteiger charge is -2.34. The summed E-state index contributed by atoms with van der Waals surface area (Å²) in [5, 5.41) is 6.47. The van der Waals surface area contributed by atoms with Gasteiger partial charge >= 0.3 is 12.2 Å². The summed E-state index contributed by atoms with van der Waals surface area (Å²) in [5.74, 6) is -0.428. The summed E-state index contributed by atoms with van der Waals surface area (Å²) >= 11 is 0.790. The number of likely N-dealkylation sites (N-methyl/N-ethyl adjacent to an activating group) is 1. The summed E-state index contributed by atoms with van der Waals surface area (Å²) in [6.07, 6.45) is -0.980. The Morgan fingerprint density at radius 1 is 1.04 bits per heavy atom. The van der Waals surface area contributed by atoms with Gasteiger partial charge in [-0.15, -0.1) is 11.3 Å². The first-order chi connectivity index (χ1) is 23.3. The number of hydrogen-bond donors (Lipinski definition) is 2. The molecule has 0 saturated carbocycles. The van der Waals surface area contributed by atoms with Crippen LogP contribution in [0.5, 0.6) is 0 Å². The van der Waals surface area contributed by atoms with E-state index in [-0.39, 0.29) is 46.3 Å². The van der Waals surface area contributed by atoms with E-state index in [4.69, 9.17) is 0 Å². The molecule has 1 aliphatic heterocycles. The Morgan fingerprint density at radius 3 is 2.39 bits per heavy atom. The van der Waals surface area contributed by atoms with Gasteiger partial charge in [-0.05, 0) is 44.3 Å². The summed E-state index contributed by atoms with van der Waals surface area (Å²) in [6, 6.07) is 6.00. The molecule has 16 heteroatoms. The SMILES string of the molecule is CCCNC(=O)Nc1cc(-c2nc(C(F)(F)F)cs2)c(-c2ccc3c(c2)c(=O)c(C(=O)N2CCN(C(C)=O)CC2)cn3CCN(C)C)cn1. The van der Waals surface area contributed by atoms with Gasteiger partial charge in [-0.25, -0.2) is 14.8 Å². The van der Waals surface area contributed by atoms with Crippen molar-refractivity contribution in [1.29, 1.82) is 0 Å². The second-order valence-corrected chi connectivity index (χ2v) is 12.8. The Bertz CT molecular complexity index is 1930. The molecule has 4 aromatic rings. The van der Waals surface area contributed by atoms with E-state index in [1.165, 1.54) is 19.2 Å². The van der Waals surface area contributed by atoms with Gasteiger partial charge in [0.15, 0.2) is 5.69 Å². The molecule has 0 radical (unpaired) electrons. The molecule has 1 fully saturated rings. The Labute approximate surface area is 284 Å². The van der Waals surface area contributed by atoms with Crippen LogP contribution < -0.4 is 16.1 Å². The van der Waals surface area contributed by atoms with Crippen LogP contribution in [0.15, 0.2) is 46.8 Å². The molecule has 2 N–H and O–H groups in total. The molecule has 0 atom stereocenters. The van der Waals surface area contributed by atoms with Crippen LogP contribution in [0, 0.1) is 0 Å². The molecule has 3 aromatic heterocycles. The zero-order valence-electron chi connectivity index (χ0n) is 27.6. The molecular formula is C33H37F3N8O4S. The van der Waals surface area contributed by atoms with Crippen molar-refractivity contribution in [2.75, 3.05) is 58.7 Å². The second-order valence-electron chi connectivity index (χ2n) is 11.9. The maximum atomic E-state index is 14.0. The molecule has 49 heavy (non-hydrogen) atoms. The highest BCUT2D eigenvalue weighted by Gasteiger charge is 2.34. The van der Waals surface area contributed by atoms with E-state index < -0.39 is 29.2 Å². The number of halogens is 3. The maximum absolute atomic E-state index is 14.0. The molecule has 12 nitrogen and oxygen atoms in total. The molecule has 260 valence electrons. The number of piperazine rings is 1. The van der Waals surface area contributed by atoms with Gasteiger partial charge in [0, 0.05) is 87.0 Å². The normalized spacial score (nSPS) is 13.6. The first-order valence-electron chi connectivity index (χ1n) is 15.7. The molecule has 0 aliphatic carbocycles. The lowest BCUT2D eigenvalue weighted by molar-refractivity contribution is -0.140. The van der Waals surface area contributed by atoms with Crippen LogP contribution >= 0.6 is 11.3 Å². The number of urea groups is 1. The topological polar surface area (TPSA) is 133 Å². The van der Waals surface area contributed by atoms with Crippen LogP contribution in [0.4, 0.5) is 23.8 Å². The van der Waals surface area contributed by atoms with E-state index in [1.807, 2.05) is 30.5 Å². The number of carbonyl (C=O) groups excluding carboxylic acids is 3. The summed E-state index contributed by atoms with van der Waals surface area (Å²) in [4.78, 5) is 65.3. The quantitative estimate of drug-likeness (QED) is 0.261. The molecule has 1 saturated heterocycles. The van der Waals surface area contributed by atoms with E-state index in [1.54, 1.807) is 34.2 Å². The molecule has 5 rings (SSSR count). The number of fused-ring (bicyclic) bond motifs is 1. The van der Waals surface area contributed by atoms with Crippen LogP contribution in [0.3, 0.4) is 0 Å². The van der Waals surface area contributed by atoms with Gasteiger partial charge in [-0.1, -0.05) is 13.0 Å². The predicted molar refractivity (Wildman–Crippen MR) is 182 cm³/mol. The van der Waals surface area contributed by atoms with Crippen molar-refractivity contribution in [2.24, 2.45) is 0 Å². The maximum Gasteiger partial charge on any atom is 0.434 e. The van der Waals surface area contributed by atoms with Crippen LogP contribution in [-0.2, 0) is 17.5 Å². The van der Waals surface area contributed by atoms with Crippen molar-refractivity contribution in [1.82, 2.24) is 34.6 Å². The van der Waals surface area contributed by atoms with E-state index in [0.29, 0.717) is 55.8 Å². The number of carbonyl (C=O) groups is 3. The molecule has 4 heterocycles. The van der Waals surface area contributed by atoms with Crippen molar-refractivity contribution in [3.05, 3.63) is 63.5 Å². The molecule has 4 amide bonds. The monoisotopic (exact) mass is 698 g/mol. The molecule has 1 aliphatic rings. The number of nitrogens with one attached hydrogen (secondary N) is 2.